The van der Waals surface area contributed by atoms with E-state index in [1.165, 1.54) is 115 Å². The molecule has 302 valence electrons. The van der Waals surface area contributed by atoms with Gasteiger partial charge in [-0.25, -0.2) is 0 Å². The molecule has 0 radical (unpaired) electrons. The number of hydrogen-bond donors (Lipinski definition) is 0. The minimum atomic E-state index is 0.0185. The quantitative estimate of drug-likeness (QED) is 0.0556. The van der Waals surface area contributed by atoms with Crippen LogP contribution in [0.15, 0.2) is 146 Å². The second kappa shape index (κ2) is 16.9. The van der Waals surface area contributed by atoms with Crippen LogP contribution in [0.3, 0.4) is 0 Å². The Hall–Kier alpha value is -6.07. The molecule has 0 spiro atoms. The zero-order valence-electron chi connectivity index (χ0n) is 34.9. The van der Waals surface area contributed by atoms with Gasteiger partial charge in [-0.15, -0.1) is 0 Å². The summed E-state index contributed by atoms with van der Waals surface area (Å²) in [6.45, 7) is 3.62. The topological polar surface area (TPSA) is 41.1 Å². The molecule has 3 aromatic heterocycles. The lowest BCUT2D eigenvalue weighted by Gasteiger charge is -2.31. The lowest BCUT2D eigenvalue weighted by molar-refractivity contribution is -0.152. The van der Waals surface area contributed by atoms with E-state index in [-0.39, 0.29) is 11.9 Å². The summed E-state index contributed by atoms with van der Waals surface area (Å²) in [5, 5.41) is 7.72. The maximum atomic E-state index is 12.3. The number of carbonyl (C=O) groups excluding carboxylic acids is 1. The number of carbonyl (C=O) groups is 1. The van der Waals surface area contributed by atoms with Crippen LogP contribution in [0.5, 0.6) is 0 Å². The number of hydrogen-bond acceptors (Lipinski definition) is 2. The average molecular weight is 790 g/mol. The van der Waals surface area contributed by atoms with Gasteiger partial charge in [-0.2, -0.15) is 0 Å². The molecule has 5 nitrogen and oxygen atoms in total. The highest BCUT2D eigenvalue weighted by Gasteiger charge is 2.33. The van der Waals surface area contributed by atoms with E-state index >= 15 is 0 Å². The van der Waals surface area contributed by atoms with E-state index in [0.717, 1.165) is 38.6 Å². The maximum Gasteiger partial charge on any atom is 0.308 e. The molecule has 0 unspecified atom stereocenters. The highest BCUT2D eigenvalue weighted by Crippen LogP contribution is 2.39. The predicted molar refractivity (Wildman–Crippen MR) is 252 cm³/mol. The number of nitrogens with zero attached hydrogens (tertiary/aromatic N) is 3. The molecular formula is C55H55N3O2. The summed E-state index contributed by atoms with van der Waals surface area (Å²) in [6, 6.07) is 49.4. The van der Waals surface area contributed by atoms with Gasteiger partial charge in [0.25, 0.3) is 0 Å². The number of benzene rings is 6. The van der Waals surface area contributed by atoms with Gasteiger partial charge in [0.2, 0.25) is 0 Å². The number of aryl methyl sites for hydroxylation is 1. The molecule has 60 heavy (non-hydrogen) atoms. The summed E-state index contributed by atoms with van der Waals surface area (Å²) < 4.78 is 13.0. The molecule has 0 atom stereocenters. The smallest absolute Gasteiger partial charge is 0.308 e. The summed E-state index contributed by atoms with van der Waals surface area (Å²) in [5.41, 5.74) is 9.90. The normalized spacial score (nSPS) is 15.7. The number of allylic oxidation sites excluding steroid dienone is 2. The molecule has 0 aliphatic heterocycles. The molecule has 9 aromatic rings. The highest BCUT2D eigenvalue weighted by atomic mass is 16.5. The Morgan fingerprint density at radius 1 is 0.517 bits per heavy atom. The first-order valence-electron chi connectivity index (χ1n) is 22.5. The Bertz CT molecular complexity index is 2730. The first-order chi connectivity index (χ1) is 29.7. The molecule has 3 heterocycles. The number of esters is 1. The molecule has 1 fully saturated rings. The van der Waals surface area contributed by atoms with Crippen molar-refractivity contribution >= 4 is 71.4 Å². The van der Waals surface area contributed by atoms with E-state index in [1.54, 1.807) is 0 Å². The summed E-state index contributed by atoms with van der Waals surface area (Å²) in [5.74, 6) is 0.711. The molecule has 10 rings (SSSR count). The van der Waals surface area contributed by atoms with Gasteiger partial charge in [-0.3, -0.25) is 4.79 Å². The van der Waals surface area contributed by atoms with E-state index in [0.29, 0.717) is 12.5 Å². The maximum absolute atomic E-state index is 12.3. The largest absolute Gasteiger partial charge is 0.465 e. The van der Waals surface area contributed by atoms with Crippen molar-refractivity contribution in [3.8, 4) is 11.4 Å². The Labute approximate surface area is 352 Å². The number of rotatable bonds is 16. The van der Waals surface area contributed by atoms with Gasteiger partial charge in [0.1, 0.15) is 0 Å². The van der Waals surface area contributed by atoms with Crippen LogP contribution in [0.25, 0.3) is 76.8 Å². The van der Waals surface area contributed by atoms with E-state index < -0.39 is 0 Å². The standard InChI is InChI=1S/C55H55N3O2/c1-2-20-39-35-40(36-39)55(59)60-34-19-9-7-5-3-4-6-8-18-33-56-49-31-29-41(57-51-25-14-10-21-43(51)44-22-11-15-26-52(44)57)37-47(49)48-38-42(30-32-50(48)56)58-53-27-16-12-23-45(53)46-24-13-17-28-54(46)58/h2,10-17,20-32,37-40H,3-9,18-19,33-36H2,1H3/b20-2-. The van der Waals surface area contributed by atoms with Crippen molar-refractivity contribution in [2.45, 2.75) is 84.1 Å². The fourth-order valence-electron chi connectivity index (χ4n) is 10.2. The fourth-order valence-corrected chi connectivity index (χ4v) is 10.2. The first kappa shape index (κ1) is 38.2. The van der Waals surface area contributed by atoms with Crippen molar-refractivity contribution in [1.29, 1.82) is 0 Å². The van der Waals surface area contributed by atoms with Crippen molar-refractivity contribution in [2.24, 2.45) is 11.8 Å². The van der Waals surface area contributed by atoms with Crippen LogP contribution in [0, 0.1) is 11.8 Å². The lowest BCUT2D eigenvalue weighted by atomic mass is 9.75. The van der Waals surface area contributed by atoms with Gasteiger partial charge in [0, 0.05) is 61.3 Å². The third-order valence-corrected chi connectivity index (χ3v) is 13.3. The fraction of sp³-hybridized carbons (Fsp3) is 0.291. The van der Waals surface area contributed by atoms with Crippen molar-refractivity contribution < 1.29 is 9.53 Å². The number of unbranched alkanes of at least 4 members (excludes halogenated alkanes) is 8. The second-order valence-electron chi connectivity index (χ2n) is 17.1. The minimum absolute atomic E-state index is 0.0185. The zero-order chi connectivity index (χ0) is 40.4. The number of para-hydroxylation sites is 4. The zero-order valence-corrected chi connectivity index (χ0v) is 34.9. The monoisotopic (exact) mass is 789 g/mol. The molecule has 0 bridgehead atoms. The summed E-state index contributed by atoms with van der Waals surface area (Å²) >= 11 is 0. The number of ether oxygens (including phenoxy) is 1. The van der Waals surface area contributed by atoms with Crippen LogP contribution in [0.2, 0.25) is 0 Å². The van der Waals surface area contributed by atoms with Crippen LogP contribution in [-0.2, 0) is 16.1 Å². The van der Waals surface area contributed by atoms with Gasteiger partial charge in [-0.05, 0) is 99.2 Å². The van der Waals surface area contributed by atoms with Gasteiger partial charge in [0.15, 0.2) is 0 Å². The molecule has 0 amide bonds. The Balaban J connectivity index is 0.862. The third kappa shape index (κ3) is 7.08. The third-order valence-electron chi connectivity index (χ3n) is 13.3. The van der Waals surface area contributed by atoms with Crippen molar-refractivity contribution in [3.05, 3.63) is 146 Å². The summed E-state index contributed by atoms with van der Waals surface area (Å²) in [4.78, 5) is 12.3. The molecule has 6 aromatic carbocycles. The Kier molecular flexibility index (Phi) is 10.7. The molecule has 0 N–H and O–H groups in total. The van der Waals surface area contributed by atoms with Crippen molar-refractivity contribution in [1.82, 2.24) is 13.7 Å². The first-order valence-corrected chi connectivity index (χ1v) is 22.5. The van der Waals surface area contributed by atoms with Gasteiger partial charge < -0.3 is 18.4 Å². The van der Waals surface area contributed by atoms with E-state index in [4.69, 9.17) is 4.74 Å². The number of aromatic nitrogens is 3. The Morgan fingerprint density at radius 3 is 1.38 bits per heavy atom. The van der Waals surface area contributed by atoms with Crippen LogP contribution in [0.4, 0.5) is 0 Å². The van der Waals surface area contributed by atoms with E-state index in [1.807, 2.05) is 6.92 Å². The molecule has 5 heteroatoms. The molecule has 1 saturated carbocycles. The van der Waals surface area contributed by atoms with Crippen LogP contribution in [0.1, 0.15) is 77.6 Å². The summed E-state index contributed by atoms with van der Waals surface area (Å²) in [7, 11) is 0. The van der Waals surface area contributed by atoms with Crippen LogP contribution < -0.4 is 0 Å². The molecule has 0 saturated heterocycles. The minimum Gasteiger partial charge on any atom is -0.465 e. The van der Waals surface area contributed by atoms with E-state index in [2.05, 4.69) is 159 Å². The molecule has 1 aliphatic carbocycles. The highest BCUT2D eigenvalue weighted by molar-refractivity contribution is 6.13. The van der Waals surface area contributed by atoms with Gasteiger partial charge >= 0.3 is 5.97 Å². The van der Waals surface area contributed by atoms with Gasteiger partial charge in [0.05, 0.1) is 34.6 Å². The van der Waals surface area contributed by atoms with Crippen molar-refractivity contribution in [3.63, 3.8) is 0 Å². The van der Waals surface area contributed by atoms with Crippen LogP contribution in [-0.4, -0.2) is 26.3 Å². The van der Waals surface area contributed by atoms with Crippen LogP contribution >= 0.6 is 0 Å². The second-order valence-corrected chi connectivity index (χ2v) is 17.1. The predicted octanol–water partition coefficient (Wildman–Crippen LogP) is 14.6. The van der Waals surface area contributed by atoms with Gasteiger partial charge in [-0.1, -0.05) is 130 Å². The van der Waals surface area contributed by atoms with E-state index in [9.17, 15) is 4.79 Å². The Morgan fingerprint density at radius 2 is 0.933 bits per heavy atom. The average Bonchev–Trinajstić information content (AvgIpc) is 3.90. The van der Waals surface area contributed by atoms with Crippen molar-refractivity contribution in [2.75, 3.05) is 6.61 Å². The summed E-state index contributed by atoms with van der Waals surface area (Å²) in [6.07, 6.45) is 17.0. The lowest BCUT2D eigenvalue weighted by Crippen LogP contribution is -2.31. The number of fused-ring (bicyclic) bond motifs is 9. The molecule has 1 aliphatic rings. The SMILES string of the molecule is C/C=C\C1CC(C(=O)OCCCCCCCCCCCn2c3ccc(-n4c5ccccc5c5ccccc54)cc3c3cc(-n4c5ccccc5c5ccccc54)ccc32)C1. The molecular weight excluding hydrogens is 735 g/mol.